The molecule has 0 radical (unpaired) electrons. The summed E-state index contributed by atoms with van der Waals surface area (Å²) in [5.41, 5.74) is 3.01. The highest BCUT2D eigenvalue weighted by Gasteiger charge is 2.44. The molecule has 2 aliphatic heterocycles. The molecule has 1 N–H and O–H groups in total. The predicted octanol–water partition coefficient (Wildman–Crippen LogP) is 5.10. The van der Waals surface area contributed by atoms with Gasteiger partial charge in [0.2, 0.25) is 5.91 Å². The summed E-state index contributed by atoms with van der Waals surface area (Å²) in [6.45, 7) is 1.19. The highest BCUT2D eigenvalue weighted by atomic mass is 79.9. The Balaban J connectivity index is 1.44. The molecule has 0 saturated carbocycles. The van der Waals surface area contributed by atoms with Gasteiger partial charge in [-0.15, -0.1) is 0 Å². The van der Waals surface area contributed by atoms with E-state index in [1.54, 1.807) is 10.6 Å². The second-order valence-electron chi connectivity index (χ2n) is 8.44. The highest BCUT2D eigenvalue weighted by molar-refractivity contribution is 9.10. The molecule has 3 heterocycles. The maximum absolute atomic E-state index is 13.5. The number of aromatic nitrogens is 1. The van der Waals surface area contributed by atoms with Crippen LogP contribution in [0.15, 0.2) is 46.9 Å². The number of carbonyl (C=O) groups excluding carboxylic acids is 2. The number of hydrogen-bond donors (Lipinski definition) is 1. The Morgan fingerprint density at radius 2 is 2.00 bits per heavy atom. The van der Waals surface area contributed by atoms with Gasteiger partial charge in [0, 0.05) is 45.3 Å². The average Bonchev–Trinajstić information content (AvgIpc) is 3.12. The number of rotatable bonds is 2. The van der Waals surface area contributed by atoms with E-state index >= 15 is 0 Å². The monoisotopic (exact) mass is 510 g/mol. The number of nitriles is 1. The van der Waals surface area contributed by atoms with Crippen LogP contribution in [0.1, 0.15) is 35.3 Å². The molecule has 2 amide bonds. The summed E-state index contributed by atoms with van der Waals surface area (Å²) >= 11 is 9.68. The minimum atomic E-state index is -0.273. The molecule has 0 atom stereocenters. The summed E-state index contributed by atoms with van der Waals surface area (Å²) < 4.78 is 2.62. The Morgan fingerprint density at radius 1 is 1.22 bits per heavy atom. The zero-order chi connectivity index (χ0) is 22.5. The van der Waals surface area contributed by atoms with E-state index in [-0.39, 0.29) is 23.8 Å². The number of nitrogens with zero attached hydrogens (tertiary/aromatic N) is 3. The second-order valence-corrected chi connectivity index (χ2v) is 9.73. The van der Waals surface area contributed by atoms with Crippen molar-refractivity contribution in [2.75, 3.05) is 18.4 Å². The lowest BCUT2D eigenvalue weighted by Crippen LogP contribution is -2.48. The van der Waals surface area contributed by atoms with Gasteiger partial charge in [-0.3, -0.25) is 9.59 Å². The number of amides is 2. The van der Waals surface area contributed by atoms with Crippen molar-refractivity contribution in [3.05, 3.63) is 63.2 Å². The van der Waals surface area contributed by atoms with E-state index in [1.165, 1.54) is 0 Å². The number of halogens is 2. The molecular formula is C24H20BrClN4O2. The summed E-state index contributed by atoms with van der Waals surface area (Å²) in [6, 6.07) is 15.4. The van der Waals surface area contributed by atoms with Gasteiger partial charge in [0.15, 0.2) is 0 Å². The van der Waals surface area contributed by atoms with Crippen molar-refractivity contribution in [2.24, 2.45) is 0 Å². The lowest BCUT2D eigenvalue weighted by Gasteiger charge is -2.45. The molecule has 1 fully saturated rings. The molecule has 32 heavy (non-hydrogen) atoms. The maximum Gasteiger partial charge on any atom is 0.270 e. The van der Waals surface area contributed by atoms with E-state index in [0.717, 1.165) is 26.6 Å². The molecule has 1 aromatic heterocycles. The quantitative estimate of drug-likeness (QED) is 0.520. The van der Waals surface area contributed by atoms with Gasteiger partial charge in [0.25, 0.3) is 5.91 Å². The first kappa shape index (κ1) is 21.0. The zero-order valence-corrected chi connectivity index (χ0v) is 19.5. The fourth-order valence-electron chi connectivity index (χ4n) is 5.09. The largest absolute Gasteiger partial charge is 0.337 e. The molecule has 8 heteroatoms. The average molecular weight is 512 g/mol. The van der Waals surface area contributed by atoms with Crippen LogP contribution in [-0.4, -0.2) is 34.4 Å². The number of fused-ring (bicyclic) bond motifs is 3. The lowest BCUT2D eigenvalue weighted by atomic mass is 9.68. The van der Waals surface area contributed by atoms with E-state index in [4.69, 9.17) is 11.6 Å². The van der Waals surface area contributed by atoms with Crippen LogP contribution in [-0.2, 0) is 16.8 Å². The Bertz CT molecular complexity index is 1300. The van der Waals surface area contributed by atoms with Crippen molar-refractivity contribution in [3.8, 4) is 6.07 Å². The van der Waals surface area contributed by atoms with Gasteiger partial charge in [-0.1, -0.05) is 23.7 Å². The number of nitrogens with one attached hydrogen (secondary N) is 1. The van der Waals surface area contributed by atoms with Gasteiger partial charge in [0.1, 0.15) is 12.2 Å². The molecular weight excluding hydrogens is 492 g/mol. The van der Waals surface area contributed by atoms with Crippen LogP contribution in [0.25, 0.3) is 10.9 Å². The summed E-state index contributed by atoms with van der Waals surface area (Å²) in [5, 5.41) is 13.7. The van der Waals surface area contributed by atoms with Crippen molar-refractivity contribution in [2.45, 2.75) is 31.2 Å². The number of likely N-dealkylation sites (tertiary alicyclic amines) is 1. The summed E-state index contributed by atoms with van der Waals surface area (Å²) in [7, 11) is 0. The number of hydrogen-bond acceptors (Lipinski definition) is 3. The van der Waals surface area contributed by atoms with Crippen LogP contribution in [0, 0.1) is 11.3 Å². The topological polar surface area (TPSA) is 78.1 Å². The molecule has 2 aromatic carbocycles. The molecule has 5 rings (SSSR count). The van der Waals surface area contributed by atoms with Gasteiger partial charge >= 0.3 is 0 Å². The number of anilines is 1. The lowest BCUT2D eigenvalue weighted by molar-refractivity contribution is -0.118. The number of piperidine rings is 1. The highest BCUT2D eigenvalue weighted by Crippen LogP contribution is 2.47. The van der Waals surface area contributed by atoms with Crippen LogP contribution < -0.4 is 5.32 Å². The molecule has 0 unspecified atom stereocenters. The van der Waals surface area contributed by atoms with Crippen molar-refractivity contribution >= 4 is 55.9 Å². The van der Waals surface area contributed by atoms with Crippen LogP contribution >= 0.6 is 27.5 Å². The second kappa shape index (κ2) is 7.95. The van der Waals surface area contributed by atoms with Crippen LogP contribution in [0.3, 0.4) is 0 Å². The molecule has 3 aromatic rings. The summed E-state index contributed by atoms with van der Waals surface area (Å²) in [5.74, 6) is -0.0904. The predicted molar refractivity (Wildman–Crippen MR) is 127 cm³/mol. The standard InChI is InChI=1S/C24H20BrClN4O2/c25-18-3-1-2-17-22(18)28-21(31)14-24(17)6-9-29(10-7-24)23(32)20-13-15-12-16(26)4-5-19(15)30(20)11-8-27/h1-5,12-13H,6-7,9-11,14H2,(H,28,31). The van der Waals surface area contributed by atoms with Crippen LogP contribution in [0.4, 0.5) is 5.69 Å². The van der Waals surface area contributed by atoms with Crippen LogP contribution in [0.2, 0.25) is 5.02 Å². The first-order chi connectivity index (χ1) is 15.4. The third-order valence-corrected chi connectivity index (χ3v) is 7.56. The Labute approximate surface area is 198 Å². The fourth-order valence-corrected chi connectivity index (χ4v) is 5.73. The van der Waals surface area contributed by atoms with Crippen molar-refractivity contribution in [1.29, 1.82) is 5.26 Å². The van der Waals surface area contributed by atoms with Crippen molar-refractivity contribution in [1.82, 2.24) is 9.47 Å². The van der Waals surface area contributed by atoms with E-state index in [9.17, 15) is 14.9 Å². The molecule has 0 bridgehead atoms. The van der Waals surface area contributed by atoms with E-state index in [1.807, 2.05) is 35.2 Å². The summed E-state index contributed by atoms with van der Waals surface area (Å²) in [6.07, 6.45) is 1.84. The molecule has 0 aliphatic carbocycles. The molecule has 6 nitrogen and oxygen atoms in total. The number of benzene rings is 2. The minimum Gasteiger partial charge on any atom is -0.337 e. The number of carbonyl (C=O) groups is 2. The maximum atomic E-state index is 13.5. The Morgan fingerprint density at radius 3 is 2.75 bits per heavy atom. The molecule has 1 saturated heterocycles. The van der Waals surface area contributed by atoms with Gasteiger partial charge in [0.05, 0.1) is 11.8 Å². The smallest absolute Gasteiger partial charge is 0.270 e. The summed E-state index contributed by atoms with van der Waals surface area (Å²) in [4.78, 5) is 27.8. The SMILES string of the molecule is N#CCn1c(C(=O)N2CCC3(CC2)CC(=O)Nc2c(Br)cccc23)cc2cc(Cl)ccc21. The van der Waals surface area contributed by atoms with Gasteiger partial charge < -0.3 is 14.8 Å². The minimum absolute atomic E-state index is 0.00945. The van der Waals surface area contributed by atoms with Gasteiger partial charge in [-0.25, -0.2) is 0 Å². The molecule has 162 valence electrons. The van der Waals surface area contributed by atoms with Gasteiger partial charge in [-0.2, -0.15) is 5.26 Å². The normalized spacial score (nSPS) is 17.2. The van der Waals surface area contributed by atoms with E-state index in [2.05, 4.69) is 33.4 Å². The molecule has 2 aliphatic rings. The zero-order valence-electron chi connectivity index (χ0n) is 17.2. The Kier molecular flexibility index (Phi) is 5.23. The van der Waals surface area contributed by atoms with Gasteiger partial charge in [-0.05, 0) is 64.7 Å². The third kappa shape index (κ3) is 3.39. The van der Waals surface area contributed by atoms with E-state index < -0.39 is 0 Å². The first-order valence-corrected chi connectivity index (χ1v) is 11.6. The molecule has 1 spiro atoms. The van der Waals surface area contributed by atoms with E-state index in [0.29, 0.717) is 43.1 Å². The van der Waals surface area contributed by atoms with Crippen molar-refractivity contribution in [3.63, 3.8) is 0 Å². The number of para-hydroxylation sites is 1. The third-order valence-electron chi connectivity index (χ3n) is 6.67. The van der Waals surface area contributed by atoms with Crippen molar-refractivity contribution < 1.29 is 9.59 Å². The first-order valence-electron chi connectivity index (χ1n) is 10.5. The fraction of sp³-hybridized carbons (Fsp3) is 0.292. The Hall–Kier alpha value is -2.82. The van der Waals surface area contributed by atoms with Crippen LogP contribution in [0.5, 0.6) is 0 Å².